The van der Waals surface area contributed by atoms with Crippen molar-refractivity contribution >= 4 is 24.1 Å². The van der Waals surface area contributed by atoms with Crippen LogP contribution in [0.2, 0.25) is 0 Å². The third kappa shape index (κ3) is 4.71. The monoisotopic (exact) mass is 486 g/mol. The summed E-state index contributed by atoms with van der Waals surface area (Å²) in [6.45, 7) is 0.460. The highest BCUT2D eigenvalue weighted by Crippen LogP contribution is 2.41. The van der Waals surface area contributed by atoms with E-state index in [9.17, 15) is 9.59 Å². The molecule has 4 N–H and O–H groups in total. The van der Waals surface area contributed by atoms with Crippen molar-refractivity contribution in [3.8, 4) is 5.75 Å². The SMILES string of the molecule is NC(=O)OC(=O)C1CCC(C2=C3C=NC=C[N+]3(N)C(c3cccc(OCc4ccccc4)c3)=N2)CC1. The van der Waals surface area contributed by atoms with Crippen LogP contribution < -0.4 is 16.3 Å². The van der Waals surface area contributed by atoms with Crippen molar-refractivity contribution in [1.29, 1.82) is 0 Å². The minimum Gasteiger partial charge on any atom is -0.489 e. The number of hydrogen-bond acceptors (Lipinski definition) is 7. The van der Waals surface area contributed by atoms with Crippen LogP contribution >= 0.6 is 0 Å². The Morgan fingerprint density at radius 2 is 1.81 bits per heavy atom. The molecule has 0 spiro atoms. The van der Waals surface area contributed by atoms with E-state index in [0.29, 0.717) is 38.1 Å². The van der Waals surface area contributed by atoms with Crippen LogP contribution in [-0.2, 0) is 16.1 Å². The number of rotatable bonds is 6. The Morgan fingerprint density at radius 1 is 1.03 bits per heavy atom. The molecule has 2 heterocycles. The Hall–Kier alpha value is -4.08. The van der Waals surface area contributed by atoms with Crippen LogP contribution in [0.1, 0.15) is 36.8 Å². The van der Waals surface area contributed by atoms with Crippen molar-refractivity contribution < 1.29 is 23.7 Å². The van der Waals surface area contributed by atoms with Gasteiger partial charge in [0.1, 0.15) is 24.3 Å². The highest BCUT2D eigenvalue weighted by molar-refractivity contribution is 6.00. The fraction of sp³-hybridized carbons (Fsp3) is 0.259. The van der Waals surface area contributed by atoms with Gasteiger partial charge in [-0.05, 0) is 49.4 Å². The van der Waals surface area contributed by atoms with E-state index in [0.717, 1.165) is 28.3 Å². The van der Waals surface area contributed by atoms with Crippen LogP contribution in [0.25, 0.3) is 0 Å². The van der Waals surface area contributed by atoms with Gasteiger partial charge >= 0.3 is 12.1 Å². The number of amidine groups is 1. The second-order valence-corrected chi connectivity index (χ2v) is 9.15. The number of nitrogens with zero attached hydrogens (tertiary/aromatic N) is 3. The van der Waals surface area contributed by atoms with Crippen molar-refractivity contribution in [3.05, 3.63) is 89.5 Å². The molecule has 1 atom stereocenters. The lowest BCUT2D eigenvalue weighted by molar-refractivity contribution is -0.750. The molecule has 1 fully saturated rings. The number of allylic oxidation sites excluding steroid dienone is 2. The summed E-state index contributed by atoms with van der Waals surface area (Å²) in [5.74, 6) is 7.49. The second kappa shape index (κ2) is 9.88. The van der Waals surface area contributed by atoms with Crippen LogP contribution in [0.3, 0.4) is 0 Å². The molecule has 9 heteroatoms. The minimum absolute atomic E-state index is 0.0788. The zero-order valence-corrected chi connectivity index (χ0v) is 19.7. The van der Waals surface area contributed by atoms with E-state index < -0.39 is 12.1 Å². The predicted molar refractivity (Wildman–Crippen MR) is 134 cm³/mol. The molecule has 2 aromatic carbocycles. The molecule has 9 nitrogen and oxygen atoms in total. The Bertz CT molecular complexity index is 1290. The lowest BCUT2D eigenvalue weighted by atomic mass is 9.80. The van der Waals surface area contributed by atoms with Crippen molar-refractivity contribution in [3.63, 3.8) is 0 Å². The third-order valence-electron chi connectivity index (χ3n) is 6.81. The summed E-state index contributed by atoms with van der Waals surface area (Å²) < 4.78 is 10.5. The summed E-state index contributed by atoms with van der Waals surface area (Å²) >= 11 is 0. The highest BCUT2D eigenvalue weighted by Gasteiger charge is 2.46. The van der Waals surface area contributed by atoms with Gasteiger partial charge in [0.25, 0.3) is 5.84 Å². The lowest BCUT2D eigenvalue weighted by Gasteiger charge is -2.28. The normalized spacial score (nSPS) is 24.8. The van der Waals surface area contributed by atoms with Gasteiger partial charge in [-0.2, -0.15) is 10.8 Å². The Balaban J connectivity index is 1.36. The van der Waals surface area contributed by atoms with Crippen LogP contribution in [0.15, 0.2) is 88.4 Å². The number of quaternary nitrogens is 1. The molecule has 1 saturated carbocycles. The van der Waals surface area contributed by atoms with E-state index in [1.807, 2.05) is 60.8 Å². The number of fused-ring (bicyclic) bond motifs is 1. The second-order valence-electron chi connectivity index (χ2n) is 9.15. The van der Waals surface area contributed by atoms with Gasteiger partial charge < -0.3 is 15.2 Å². The maximum absolute atomic E-state index is 12.1. The maximum Gasteiger partial charge on any atom is 0.412 e. The van der Waals surface area contributed by atoms with Gasteiger partial charge in [-0.1, -0.05) is 36.4 Å². The summed E-state index contributed by atoms with van der Waals surface area (Å²) in [5, 5.41) is 0. The molecule has 36 heavy (non-hydrogen) atoms. The Kier molecular flexibility index (Phi) is 6.49. The number of nitrogens with two attached hydrogens (primary N) is 2. The Labute approximate surface area is 209 Å². The largest absolute Gasteiger partial charge is 0.489 e. The molecule has 5 rings (SSSR count). The summed E-state index contributed by atoms with van der Waals surface area (Å²) in [7, 11) is 0. The molecule has 0 bridgehead atoms. The molecule has 184 valence electrons. The van der Waals surface area contributed by atoms with Gasteiger partial charge in [-0.15, -0.1) is 4.59 Å². The average molecular weight is 487 g/mol. The first-order valence-corrected chi connectivity index (χ1v) is 11.9. The van der Waals surface area contributed by atoms with Crippen LogP contribution in [0.4, 0.5) is 4.79 Å². The number of carbonyl (C=O) groups excluding carboxylic acids is 2. The number of ether oxygens (including phenoxy) is 2. The number of amides is 1. The molecule has 0 aromatic heterocycles. The predicted octanol–water partition coefficient (Wildman–Crippen LogP) is 3.91. The van der Waals surface area contributed by atoms with Crippen molar-refractivity contribution in [2.24, 2.45) is 33.4 Å². The van der Waals surface area contributed by atoms with Crippen LogP contribution in [0.5, 0.6) is 5.75 Å². The van der Waals surface area contributed by atoms with E-state index in [1.54, 1.807) is 12.4 Å². The van der Waals surface area contributed by atoms with Crippen molar-refractivity contribution in [1.82, 2.24) is 0 Å². The molecule has 2 aliphatic heterocycles. The summed E-state index contributed by atoms with van der Waals surface area (Å²) in [4.78, 5) is 32.4. The number of aliphatic imine (C=N–C) groups is 2. The standard InChI is InChI=1S/C27H27N5O4/c28-27(34)36-26(33)20-11-9-19(10-12-20)24-23-16-30-13-14-32(23,29)25(31-24)21-7-4-8-22(15-21)35-17-18-5-2-1-3-6-18/h1-8,13-16,19-20H,9-12,17,29H2,(H-,28,34)/p+1. The molecular formula is C27H28N5O4+. The molecule has 1 amide bonds. The molecule has 1 unspecified atom stereocenters. The average Bonchev–Trinajstić information content (AvgIpc) is 3.21. The molecule has 3 aliphatic rings. The smallest absolute Gasteiger partial charge is 0.412 e. The van der Waals surface area contributed by atoms with E-state index in [4.69, 9.17) is 21.3 Å². The van der Waals surface area contributed by atoms with Gasteiger partial charge in [-0.3, -0.25) is 9.79 Å². The van der Waals surface area contributed by atoms with Gasteiger partial charge in [0.05, 0.1) is 23.9 Å². The lowest BCUT2D eigenvalue weighted by Crippen LogP contribution is -2.53. The summed E-state index contributed by atoms with van der Waals surface area (Å²) in [6, 6.07) is 17.8. The summed E-state index contributed by atoms with van der Waals surface area (Å²) in [5.41, 5.74) is 8.61. The van der Waals surface area contributed by atoms with Crippen LogP contribution in [0, 0.1) is 11.8 Å². The third-order valence-corrected chi connectivity index (χ3v) is 6.81. The fourth-order valence-electron chi connectivity index (χ4n) is 4.96. The first kappa shape index (κ1) is 23.7. The minimum atomic E-state index is -1.07. The number of benzene rings is 2. The molecule has 0 saturated heterocycles. The Morgan fingerprint density at radius 3 is 2.56 bits per heavy atom. The number of hydrogen-bond donors (Lipinski definition) is 2. The molecular weight excluding hydrogens is 458 g/mol. The zero-order valence-electron chi connectivity index (χ0n) is 19.7. The van der Waals surface area contributed by atoms with Gasteiger partial charge in [0.2, 0.25) is 5.70 Å². The quantitative estimate of drug-likeness (QED) is 0.277. The first-order chi connectivity index (χ1) is 17.4. The number of primary amides is 1. The summed E-state index contributed by atoms with van der Waals surface area (Å²) in [6.07, 6.45) is 6.77. The van der Waals surface area contributed by atoms with E-state index in [2.05, 4.69) is 9.73 Å². The van der Waals surface area contributed by atoms with Crippen LogP contribution in [-0.4, -0.2) is 28.7 Å². The molecule has 2 aromatic rings. The zero-order chi connectivity index (χ0) is 25.1. The number of esters is 1. The van der Waals surface area contributed by atoms with E-state index >= 15 is 0 Å². The fourth-order valence-corrected chi connectivity index (χ4v) is 4.96. The van der Waals surface area contributed by atoms with Gasteiger partial charge in [-0.25, -0.2) is 4.79 Å². The number of carbonyl (C=O) groups is 2. The topological polar surface area (TPSA) is 129 Å². The van der Waals surface area contributed by atoms with Gasteiger partial charge in [0, 0.05) is 5.92 Å². The first-order valence-electron chi connectivity index (χ1n) is 11.9. The van der Waals surface area contributed by atoms with Crippen molar-refractivity contribution in [2.75, 3.05) is 0 Å². The van der Waals surface area contributed by atoms with Gasteiger partial charge in [0.15, 0.2) is 0 Å². The highest BCUT2D eigenvalue weighted by atomic mass is 16.6. The maximum atomic E-state index is 12.1. The van der Waals surface area contributed by atoms with E-state index in [-0.39, 0.29) is 16.4 Å². The molecule has 1 aliphatic carbocycles. The van der Waals surface area contributed by atoms with E-state index in [1.165, 1.54) is 0 Å². The molecule has 0 radical (unpaired) electrons. The van der Waals surface area contributed by atoms with Crippen molar-refractivity contribution in [2.45, 2.75) is 32.3 Å².